The van der Waals surface area contributed by atoms with Crippen LogP contribution in [0.5, 0.6) is 11.6 Å². The van der Waals surface area contributed by atoms with Crippen molar-refractivity contribution in [1.29, 1.82) is 0 Å². The molecule has 0 unspecified atom stereocenters. The minimum atomic E-state index is -3.31. The fourth-order valence-electron chi connectivity index (χ4n) is 2.89. The maximum Gasteiger partial charge on any atom is 0.233 e. The van der Waals surface area contributed by atoms with Gasteiger partial charge >= 0.3 is 0 Å². The molecule has 7 heteroatoms. The number of aryl methyl sites for hydroxylation is 1. The van der Waals surface area contributed by atoms with Gasteiger partial charge in [0, 0.05) is 22.8 Å². The molecule has 0 aliphatic carbocycles. The van der Waals surface area contributed by atoms with E-state index in [0.717, 1.165) is 16.7 Å². The SMILES string of the molecule is O=S1(=O)CCc2cc(Cl)cc(-c3ccc(Oc4ccccn4)cc3)c2N1. The lowest BCUT2D eigenvalue weighted by atomic mass is 9.99. The Morgan fingerprint density at radius 3 is 2.62 bits per heavy atom. The van der Waals surface area contributed by atoms with Gasteiger partial charge < -0.3 is 4.74 Å². The maximum absolute atomic E-state index is 12.0. The van der Waals surface area contributed by atoms with Crippen LogP contribution >= 0.6 is 11.6 Å². The number of hydrogen-bond acceptors (Lipinski definition) is 4. The molecule has 1 aliphatic heterocycles. The van der Waals surface area contributed by atoms with Crippen molar-refractivity contribution in [2.24, 2.45) is 0 Å². The first-order chi connectivity index (χ1) is 12.5. The van der Waals surface area contributed by atoms with Crippen LogP contribution in [0.3, 0.4) is 0 Å². The van der Waals surface area contributed by atoms with Gasteiger partial charge in [0.15, 0.2) is 0 Å². The summed E-state index contributed by atoms with van der Waals surface area (Å²) in [5, 5.41) is 0.577. The second-order valence-corrected chi connectivity index (χ2v) is 8.23. The van der Waals surface area contributed by atoms with Crippen molar-refractivity contribution < 1.29 is 13.2 Å². The van der Waals surface area contributed by atoms with Crippen LogP contribution < -0.4 is 9.46 Å². The summed E-state index contributed by atoms with van der Waals surface area (Å²) in [7, 11) is -3.31. The third-order valence-electron chi connectivity index (χ3n) is 4.11. The molecule has 5 nitrogen and oxygen atoms in total. The zero-order chi connectivity index (χ0) is 18.1. The molecule has 0 radical (unpaired) electrons. The summed E-state index contributed by atoms with van der Waals surface area (Å²) < 4.78 is 32.3. The van der Waals surface area contributed by atoms with Crippen molar-refractivity contribution in [3.63, 3.8) is 0 Å². The van der Waals surface area contributed by atoms with E-state index >= 15 is 0 Å². The zero-order valence-corrected chi connectivity index (χ0v) is 15.2. The van der Waals surface area contributed by atoms with Crippen molar-refractivity contribution in [3.8, 4) is 22.8 Å². The molecule has 1 aliphatic rings. The largest absolute Gasteiger partial charge is 0.439 e. The number of rotatable bonds is 3. The summed E-state index contributed by atoms with van der Waals surface area (Å²) in [4.78, 5) is 4.12. The van der Waals surface area contributed by atoms with E-state index < -0.39 is 10.0 Å². The van der Waals surface area contributed by atoms with Crippen LogP contribution in [0.25, 0.3) is 11.1 Å². The second kappa shape index (κ2) is 6.63. The van der Waals surface area contributed by atoms with Crippen LogP contribution in [0.15, 0.2) is 60.8 Å². The van der Waals surface area contributed by atoms with E-state index in [1.165, 1.54) is 0 Å². The summed E-state index contributed by atoms with van der Waals surface area (Å²) in [6.45, 7) is 0. The lowest BCUT2D eigenvalue weighted by Crippen LogP contribution is -2.24. The number of aromatic nitrogens is 1. The van der Waals surface area contributed by atoms with E-state index in [4.69, 9.17) is 16.3 Å². The number of benzene rings is 2. The van der Waals surface area contributed by atoms with Gasteiger partial charge in [0.05, 0.1) is 11.4 Å². The molecule has 0 spiro atoms. The first-order valence-electron chi connectivity index (χ1n) is 8.02. The van der Waals surface area contributed by atoms with E-state index in [2.05, 4.69) is 9.71 Å². The zero-order valence-electron chi connectivity index (χ0n) is 13.6. The Bertz CT molecular complexity index is 1050. The molecule has 0 saturated heterocycles. The topological polar surface area (TPSA) is 68.3 Å². The van der Waals surface area contributed by atoms with E-state index in [0.29, 0.717) is 28.8 Å². The van der Waals surface area contributed by atoms with E-state index in [1.54, 1.807) is 24.4 Å². The highest BCUT2D eigenvalue weighted by Crippen LogP contribution is 2.38. The molecule has 0 atom stereocenters. The summed E-state index contributed by atoms with van der Waals surface area (Å²) in [5.74, 6) is 1.22. The number of halogens is 1. The first kappa shape index (κ1) is 16.9. The van der Waals surface area contributed by atoms with Crippen LogP contribution in [0.1, 0.15) is 5.56 Å². The van der Waals surface area contributed by atoms with Gasteiger partial charge in [0.2, 0.25) is 15.9 Å². The van der Waals surface area contributed by atoms with Crippen LogP contribution in [0, 0.1) is 0 Å². The number of ether oxygens (including phenoxy) is 1. The fourth-order valence-corrected chi connectivity index (χ4v) is 4.27. The minimum absolute atomic E-state index is 0.0661. The number of fused-ring (bicyclic) bond motifs is 1. The molecule has 132 valence electrons. The Labute approximate surface area is 156 Å². The van der Waals surface area contributed by atoms with Crippen LogP contribution in [0.2, 0.25) is 5.02 Å². The van der Waals surface area contributed by atoms with Crippen molar-refractivity contribution in [1.82, 2.24) is 4.98 Å². The normalized spacial score (nSPS) is 15.0. The Morgan fingerprint density at radius 2 is 1.88 bits per heavy atom. The molecule has 26 heavy (non-hydrogen) atoms. The van der Waals surface area contributed by atoms with Crippen LogP contribution in [0.4, 0.5) is 5.69 Å². The summed E-state index contributed by atoms with van der Waals surface area (Å²) >= 11 is 6.23. The van der Waals surface area contributed by atoms with Gasteiger partial charge in [0.1, 0.15) is 5.75 Å². The highest BCUT2D eigenvalue weighted by Gasteiger charge is 2.23. The smallest absolute Gasteiger partial charge is 0.233 e. The predicted octanol–water partition coefficient (Wildman–Crippen LogP) is 4.49. The summed E-state index contributed by atoms with van der Waals surface area (Å²) in [5.41, 5.74) is 3.09. The standard InChI is InChI=1S/C19H15ClN2O3S/c20-15-11-14-8-10-26(23,24)22-19(14)17(12-15)13-4-6-16(7-5-13)25-18-3-1-2-9-21-18/h1-7,9,11-12,22H,8,10H2. The van der Waals surface area contributed by atoms with Gasteiger partial charge in [-0.3, -0.25) is 4.72 Å². The number of anilines is 1. The Hall–Kier alpha value is -2.57. The highest BCUT2D eigenvalue weighted by molar-refractivity contribution is 7.92. The molecule has 1 aromatic heterocycles. The molecule has 0 bridgehead atoms. The molecule has 1 N–H and O–H groups in total. The van der Waals surface area contributed by atoms with Gasteiger partial charge in [-0.2, -0.15) is 0 Å². The molecule has 2 heterocycles. The molecular formula is C19H15ClN2O3S. The number of hydrogen-bond donors (Lipinski definition) is 1. The van der Waals surface area contributed by atoms with Crippen LogP contribution in [-0.2, 0) is 16.4 Å². The summed E-state index contributed by atoms with van der Waals surface area (Å²) in [6.07, 6.45) is 2.10. The lowest BCUT2D eigenvalue weighted by Gasteiger charge is -2.22. The predicted molar refractivity (Wildman–Crippen MR) is 102 cm³/mol. The van der Waals surface area contributed by atoms with E-state index in [9.17, 15) is 8.42 Å². The molecule has 0 saturated carbocycles. The van der Waals surface area contributed by atoms with Gasteiger partial charge in [-0.1, -0.05) is 29.8 Å². The maximum atomic E-state index is 12.0. The number of nitrogens with zero attached hydrogens (tertiary/aromatic N) is 1. The summed E-state index contributed by atoms with van der Waals surface area (Å²) in [6, 6.07) is 16.4. The third-order valence-corrected chi connectivity index (χ3v) is 5.58. The molecule has 4 rings (SSSR count). The monoisotopic (exact) mass is 386 g/mol. The second-order valence-electron chi connectivity index (χ2n) is 5.95. The van der Waals surface area contributed by atoms with Gasteiger partial charge in [-0.05, 0) is 47.9 Å². The Kier molecular flexibility index (Phi) is 4.30. The van der Waals surface area contributed by atoms with Gasteiger partial charge in [0.25, 0.3) is 0 Å². The molecule has 2 aromatic carbocycles. The average molecular weight is 387 g/mol. The molecule has 0 amide bonds. The molecular weight excluding hydrogens is 372 g/mol. The quantitative estimate of drug-likeness (QED) is 0.720. The minimum Gasteiger partial charge on any atom is -0.439 e. The fraction of sp³-hybridized carbons (Fsp3) is 0.105. The number of pyridine rings is 1. The Balaban J connectivity index is 1.69. The molecule has 0 fully saturated rings. The van der Waals surface area contributed by atoms with E-state index in [-0.39, 0.29) is 5.75 Å². The van der Waals surface area contributed by atoms with Crippen molar-refractivity contribution in [2.75, 3.05) is 10.5 Å². The van der Waals surface area contributed by atoms with E-state index in [1.807, 2.05) is 36.4 Å². The average Bonchev–Trinajstić information content (AvgIpc) is 2.63. The number of nitrogens with one attached hydrogen (secondary N) is 1. The number of sulfonamides is 1. The van der Waals surface area contributed by atoms with Gasteiger partial charge in [-0.15, -0.1) is 0 Å². The van der Waals surface area contributed by atoms with Gasteiger partial charge in [-0.25, -0.2) is 13.4 Å². The third kappa shape index (κ3) is 3.52. The van der Waals surface area contributed by atoms with Crippen molar-refractivity contribution >= 4 is 27.3 Å². The first-order valence-corrected chi connectivity index (χ1v) is 10.1. The van der Waals surface area contributed by atoms with Crippen LogP contribution in [-0.4, -0.2) is 19.2 Å². The molecule has 3 aromatic rings. The highest BCUT2D eigenvalue weighted by atomic mass is 35.5. The van der Waals surface area contributed by atoms with Crippen molar-refractivity contribution in [3.05, 3.63) is 71.4 Å². The lowest BCUT2D eigenvalue weighted by molar-refractivity contribution is 0.463. The van der Waals surface area contributed by atoms with Crippen molar-refractivity contribution in [2.45, 2.75) is 6.42 Å². The Morgan fingerprint density at radius 1 is 1.08 bits per heavy atom.